The number of quaternary nitrogens is 1. The van der Waals surface area contributed by atoms with Gasteiger partial charge in [0.25, 0.3) is 0 Å². The summed E-state index contributed by atoms with van der Waals surface area (Å²) in [6.45, 7) is 4.15. The van der Waals surface area contributed by atoms with Gasteiger partial charge in [-0.05, 0) is 12.8 Å². The predicted octanol–water partition coefficient (Wildman–Crippen LogP) is 3.69. The van der Waals surface area contributed by atoms with Gasteiger partial charge in [-0.3, -0.25) is 4.79 Å². The van der Waals surface area contributed by atoms with Crippen LogP contribution in [0.5, 0.6) is 0 Å². The van der Waals surface area contributed by atoms with Gasteiger partial charge in [-0.2, -0.15) is 0 Å². The van der Waals surface area contributed by atoms with Crippen molar-refractivity contribution in [2.75, 3.05) is 21.1 Å². The Morgan fingerprint density at radius 2 is 1.37 bits per heavy atom. The number of nitrogens with zero attached hydrogens (tertiary/aromatic N) is 1. The number of unbranched alkanes of at least 4 members (excludes halogenated alkanes) is 8. The molecule has 0 aromatic carbocycles. The highest BCUT2D eigenvalue weighted by molar-refractivity contribution is 7.80. The number of amides is 1. The molecule has 0 aromatic heterocycles. The molecule has 0 saturated carbocycles. The van der Waals surface area contributed by atoms with E-state index in [0.29, 0.717) is 17.3 Å². The molecule has 0 radical (unpaired) electrons. The lowest BCUT2D eigenvalue weighted by molar-refractivity contribution is -0.915. The molecule has 7 nitrogen and oxygen atoms in total. The van der Waals surface area contributed by atoms with Gasteiger partial charge < -0.3 is 14.8 Å². The van der Waals surface area contributed by atoms with Crippen molar-refractivity contribution in [3.8, 4) is 0 Å². The number of rotatable bonds is 15. The lowest BCUT2D eigenvalue weighted by atomic mass is 10.1. The minimum atomic E-state index is -4.59. The Morgan fingerprint density at radius 3 is 1.70 bits per heavy atom. The number of carbonyl (C=O) groups excluding carboxylic acids is 1. The number of hydrogen-bond acceptors (Lipinski definition) is 5. The smallest absolute Gasteiger partial charge is 0.222 e. The van der Waals surface area contributed by atoms with E-state index >= 15 is 0 Å². The van der Waals surface area contributed by atoms with Crippen molar-refractivity contribution in [1.29, 1.82) is 0 Å². The summed E-state index contributed by atoms with van der Waals surface area (Å²) in [4.78, 5) is 10.4. The fraction of sp³-hybridized carbons (Fsp3) is 0.947. The maximum absolute atomic E-state index is 10.4. The summed E-state index contributed by atoms with van der Waals surface area (Å²) in [5, 5.41) is 0. The molecule has 2 N–H and O–H groups in total. The zero-order valence-corrected chi connectivity index (χ0v) is 18.9. The van der Waals surface area contributed by atoms with E-state index in [9.17, 15) is 17.8 Å². The van der Waals surface area contributed by atoms with Crippen LogP contribution in [0.15, 0.2) is 0 Å². The van der Waals surface area contributed by atoms with Crippen molar-refractivity contribution in [1.82, 2.24) is 0 Å². The highest BCUT2D eigenvalue weighted by Crippen LogP contribution is 2.13. The zero-order chi connectivity index (χ0) is 21.3. The van der Waals surface area contributed by atoms with E-state index < -0.39 is 16.6 Å². The molecule has 0 saturated heterocycles. The molecule has 0 aliphatic carbocycles. The second-order valence-corrected chi connectivity index (χ2v) is 8.92. The van der Waals surface area contributed by atoms with E-state index in [4.69, 9.17) is 5.73 Å². The number of primary amides is 1. The first-order chi connectivity index (χ1) is 12.4. The van der Waals surface area contributed by atoms with E-state index in [0.717, 1.165) is 19.3 Å². The van der Waals surface area contributed by atoms with Crippen LogP contribution >= 0.6 is 0 Å². The van der Waals surface area contributed by atoms with E-state index in [-0.39, 0.29) is 5.91 Å². The molecule has 8 heteroatoms. The van der Waals surface area contributed by atoms with E-state index in [1.807, 2.05) is 6.92 Å². The molecule has 27 heavy (non-hydrogen) atoms. The van der Waals surface area contributed by atoms with Crippen LogP contribution in [0.4, 0.5) is 0 Å². The topological polar surface area (TPSA) is 110 Å². The van der Waals surface area contributed by atoms with Crippen LogP contribution < -0.4 is 5.73 Å². The van der Waals surface area contributed by atoms with E-state index in [1.54, 1.807) is 21.1 Å². The van der Waals surface area contributed by atoms with Crippen LogP contribution in [0.25, 0.3) is 0 Å². The summed E-state index contributed by atoms with van der Waals surface area (Å²) < 4.78 is 35.9. The average molecular weight is 411 g/mol. The van der Waals surface area contributed by atoms with Gasteiger partial charge in [0.05, 0.1) is 21.1 Å². The summed E-state index contributed by atoms with van der Waals surface area (Å²) in [5.74, 6) is -0.159. The highest BCUT2D eigenvalue weighted by atomic mass is 32.3. The Labute approximate surface area is 167 Å². The molecule has 0 heterocycles. The zero-order valence-electron chi connectivity index (χ0n) is 18.0. The molecule has 1 atom stereocenters. The Morgan fingerprint density at radius 1 is 0.926 bits per heavy atom. The van der Waals surface area contributed by atoms with Gasteiger partial charge in [-0.1, -0.05) is 65.2 Å². The number of nitrogens with two attached hydrogens (primary N) is 1. The minimum Gasteiger partial charge on any atom is -0.725 e. The van der Waals surface area contributed by atoms with Crippen molar-refractivity contribution < 1.29 is 26.4 Å². The molecule has 0 bridgehead atoms. The summed E-state index contributed by atoms with van der Waals surface area (Å²) in [5.41, 5.74) is 5.05. The molecule has 0 aliphatic rings. The third-order valence-corrected chi connectivity index (χ3v) is 4.61. The monoisotopic (exact) mass is 410 g/mol. The summed E-state index contributed by atoms with van der Waals surface area (Å²) in [6, 6.07) is 0. The highest BCUT2D eigenvalue weighted by Gasteiger charge is 2.25. The van der Waals surface area contributed by atoms with Crippen molar-refractivity contribution in [2.45, 2.75) is 97.1 Å². The molecular formula is C19H42N2O5S. The fourth-order valence-electron chi connectivity index (χ4n) is 2.56. The first-order valence-corrected chi connectivity index (χ1v) is 11.5. The maximum Gasteiger partial charge on any atom is 0.222 e. The Balaban J connectivity index is 0. The van der Waals surface area contributed by atoms with Crippen molar-refractivity contribution in [2.24, 2.45) is 5.73 Å². The largest absolute Gasteiger partial charge is 0.725 e. The molecular weight excluding hydrogens is 368 g/mol. The van der Waals surface area contributed by atoms with Gasteiger partial charge in [0.15, 0.2) is 0 Å². The first-order valence-electron chi connectivity index (χ1n) is 10.2. The van der Waals surface area contributed by atoms with Crippen molar-refractivity contribution in [3.63, 3.8) is 0 Å². The van der Waals surface area contributed by atoms with E-state index in [1.165, 1.54) is 44.9 Å². The maximum atomic E-state index is 10.4. The molecule has 0 aromatic rings. The second-order valence-electron chi connectivity index (χ2n) is 7.91. The van der Waals surface area contributed by atoms with Gasteiger partial charge in [-0.25, -0.2) is 12.6 Å². The third-order valence-electron chi connectivity index (χ3n) is 4.16. The molecule has 0 aliphatic heterocycles. The van der Waals surface area contributed by atoms with Crippen LogP contribution in [0.2, 0.25) is 0 Å². The summed E-state index contributed by atoms with van der Waals surface area (Å²) in [6.07, 6.45) is 12.8. The molecule has 1 amide bonds. The molecule has 0 rings (SSSR count). The Hall–Kier alpha value is -0.700. The van der Waals surface area contributed by atoms with Gasteiger partial charge in [0.1, 0.15) is 0 Å². The van der Waals surface area contributed by atoms with Crippen LogP contribution in [0.3, 0.4) is 0 Å². The van der Waals surface area contributed by atoms with Gasteiger partial charge in [-0.15, -0.1) is 0 Å². The minimum absolute atomic E-state index is 0.159. The lowest BCUT2D eigenvalue weighted by Gasteiger charge is -2.33. The van der Waals surface area contributed by atoms with Gasteiger partial charge >= 0.3 is 0 Å². The number of carbonyl (C=O) groups is 1. The third kappa shape index (κ3) is 23.3. The van der Waals surface area contributed by atoms with Gasteiger partial charge in [0.2, 0.25) is 22.5 Å². The summed E-state index contributed by atoms with van der Waals surface area (Å²) >= 11 is 0. The van der Waals surface area contributed by atoms with Crippen LogP contribution in [0, 0.1) is 0 Å². The van der Waals surface area contributed by atoms with Crippen molar-refractivity contribution >= 4 is 16.3 Å². The summed E-state index contributed by atoms with van der Waals surface area (Å²) in [7, 11) is 0.755. The van der Waals surface area contributed by atoms with Crippen LogP contribution in [0.1, 0.15) is 90.9 Å². The quantitative estimate of drug-likeness (QED) is 0.146. The first kappa shape index (κ1) is 28.5. The predicted molar refractivity (Wildman–Crippen MR) is 109 cm³/mol. The average Bonchev–Trinajstić information content (AvgIpc) is 2.51. The molecule has 1 unspecified atom stereocenters. The Bertz CT molecular complexity index is 461. The molecule has 0 spiro atoms. The molecule has 0 fully saturated rings. The SMILES string of the molecule is CCCC(OS(=O)(=O)[O-])[N+](C)(C)C.CCCCCCCCCCCC(N)=O. The lowest BCUT2D eigenvalue weighted by Crippen LogP contribution is -2.47. The van der Waals surface area contributed by atoms with E-state index in [2.05, 4.69) is 11.1 Å². The number of hydrogen-bond donors (Lipinski definition) is 1. The van der Waals surface area contributed by atoms with Crippen LogP contribution in [-0.2, 0) is 19.4 Å². The molecule has 164 valence electrons. The van der Waals surface area contributed by atoms with Crippen LogP contribution in [-0.4, -0.2) is 50.7 Å². The normalized spacial score (nSPS) is 13.0. The Kier molecular flexibility index (Phi) is 17.2. The van der Waals surface area contributed by atoms with Gasteiger partial charge in [0, 0.05) is 12.8 Å². The standard InChI is InChI=1S/C12H25NO.C7H17NO4S/c1-2-3-4-5-6-7-8-9-10-11-12(13)14;1-5-6-7(8(2,3)4)12-13(9,10)11/h2-11H2,1H3,(H2,13,14);7H,5-6H2,1-4H3. The fourth-order valence-corrected chi connectivity index (χ4v) is 3.18. The second kappa shape index (κ2) is 16.3. The van der Waals surface area contributed by atoms with Crippen molar-refractivity contribution in [3.05, 3.63) is 0 Å².